The van der Waals surface area contributed by atoms with Gasteiger partial charge in [-0.2, -0.15) is 0 Å². The quantitative estimate of drug-likeness (QED) is 0.838. The number of hydrogen-bond donors (Lipinski definition) is 2. The fourth-order valence-electron chi connectivity index (χ4n) is 1.67. The average Bonchev–Trinajstić information content (AvgIpc) is 2.89. The summed E-state index contributed by atoms with van der Waals surface area (Å²) in [5, 5.41) is 9.01. The Morgan fingerprint density at radius 2 is 1.95 bits per heavy atom. The Balaban J connectivity index is 2.00. The van der Waals surface area contributed by atoms with Crippen LogP contribution in [0.25, 0.3) is 0 Å². The third-order valence-electron chi connectivity index (χ3n) is 2.61. The third-order valence-corrected chi connectivity index (χ3v) is 3.90. The van der Waals surface area contributed by atoms with Crippen molar-refractivity contribution in [1.82, 2.24) is 4.72 Å². The summed E-state index contributed by atoms with van der Waals surface area (Å²) in [6.45, 7) is 0.106. The molecule has 2 aromatic rings. The lowest BCUT2D eigenvalue weighted by Gasteiger charge is -2.06. The predicted octanol–water partition coefficient (Wildman–Crippen LogP) is 1.39. The molecule has 0 saturated heterocycles. The molecule has 0 fully saturated rings. The lowest BCUT2D eigenvalue weighted by Crippen LogP contribution is -2.24. The minimum absolute atomic E-state index is 0.101. The molecule has 0 atom stereocenters. The van der Waals surface area contributed by atoms with Crippen LogP contribution in [0.5, 0.6) is 0 Å². The van der Waals surface area contributed by atoms with Crippen molar-refractivity contribution in [2.24, 2.45) is 0 Å². The molecule has 1 heterocycles. The van der Waals surface area contributed by atoms with Crippen molar-refractivity contribution < 1.29 is 17.9 Å². The van der Waals surface area contributed by atoms with Crippen LogP contribution in [-0.4, -0.2) is 13.5 Å². The lowest BCUT2D eigenvalue weighted by atomic mass is 10.1. The maximum Gasteiger partial charge on any atom is 0.216 e. The van der Waals surface area contributed by atoms with Gasteiger partial charge in [0.2, 0.25) is 10.0 Å². The summed E-state index contributed by atoms with van der Waals surface area (Å²) in [5.74, 6) is -0.112. The first-order valence-corrected chi connectivity index (χ1v) is 7.41. The second-order valence-electron chi connectivity index (χ2n) is 4.19. The van der Waals surface area contributed by atoms with Gasteiger partial charge in [-0.25, -0.2) is 13.1 Å². The highest BCUT2D eigenvalue weighted by molar-refractivity contribution is 7.88. The summed E-state index contributed by atoms with van der Waals surface area (Å²) < 4.78 is 31.1. The maximum atomic E-state index is 11.9. The molecular weight excluding hydrogens is 266 g/mol. The van der Waals surface area contributed by atoms with Gasteiger partial charge in [-0.05, 0) is 17.2 Å². The van der Waals surface area contributed by atoms with Crippen molar-refractivity contribution >= 4 is 10.0 Å². The molecule has 0 bridgehead atoms. The van der Waals surface area contributed by atoms with E-state index in [2.05, 4.69) is 4.72 Å². The van der Waals surface area contributed by atoms with Gasteiger partial charge in [0.1, 0.15) is 0 Å². The molecule has 0 unspecified atom stereocenters. The SMILES string of the molecule is O=S(=O)(Cc1cccc(CO)c1)NCc1ccoc1. The normalized spacial score (nSPS) is 11.6. The number of aliphatic hydroxyl groups is 1. The minimum atomic E-state index is -3.41. The summed E-state index contributed by atoms with van der Waals surface area (Å²) >= 11 is 0. The molecule has 19 heavy (non-hydrogen) atoms. The summed E-state index contributed by atoms with van der Waals surface area (Å²) in [6, 6.07) is 8.57. The first kappa shape index (κ1) is 13.8. The predicted molar refractivity (Wildman–Crippen MR) is 70.5 cm³/mol. The van der Waals surface area contributed by atoms with Gasteiger partial charge in [0.05, 0.1) is 24.9 Å². The number of benzene rings is 1. The maximum absolute atomic E-state index is 11.9. The molecule has 2 rings (SSSR count). The van der Waals surface area contributed by atoms with Gasteiger partial charge in [-0.3, -0.25) is 0 Å². The summed E-state index contributed by atoms with van der Waals surface area (Å²) in [5.41, 5.74) is 2.11. The van der Waals surface area contributed by atoms with Crippen LogP contribution in [0.4, 0.5) is 0 Å². The van der Waals surface area contributed by atoms with E-state index in [9.17, 15) is 8.42 Å². The highest BCUT2D eigenvalue weighted by Gasteiger charge is 2.11. The fraction of sp³-hybridized carbons (Fsp3) is 0.231. The summed E-state index contributed by atoms with van der Waals surface area (Å²) in [4.78, 5) is 0. The second-order valence-corrected chi connectivity index (χ2v) is 6.00. The molecule has 1 aromatic heterocycles. The molecule has 5 nitrogen and oxygen atoms in total. The van der Waals surface area contributed by atoms with Crippen LogP contribution >= 0.6 is 0 Å². The largest absolute Gasteiger partial charge is 0.472 e. The molecule has 6 heteroatoms. The molecule has 2 N–H and O–H groups in total. The zero-order valence-corrected chi connectivity index (χ0v) is 11.1. The van der Waals surface area contributed by atoms with Crippen molar-refractivity contribution in [1.29, 1.82) is 0 Å². The van der Waals surface area contributed by atoms with Crippen LogP contribution in [0.2, 0.25) is 0 Å². The molecule has 102 valence electrons. The summed E-state index contributed by atoms with van der Waals surface area (Å²) in [6.07, 6.45) is 2.99. The van der Waals surface area contributed by atoms with Crippen molar-refractivity contribution in [3.05, 3.63) is 59.5 Å². The van der Waals surface area contributed by atoms with Crippen LogP contribution in [0.15, 0.2) is 47.3 Å². The van der Waals surface area contributed by atoms with Crippen LogP contribution in [-0.2, 0) is 28.9 Å². The Morgan fingerprint density at radius 3 is 2.63 bits per heavy atom. The van der Waals surface area contributed by atoms with Crippen molar-refractivity contribution in [3.8, 4) is 0 Å². The smallest absolute Gasteiger partial charge is 0.216 e. The van der Waals surface area contributed by atoms with E-state index >= 15 is 0 Å². The number of aliphatic hydroxyl groups excluding tert-OH is 1. The van der Waals surface area contributed by atoms with E-state index in [1.165, 1.54) is 12.5 Å². The molecule has 0 spiro atoms. The highest BCUT2D eigenvalue weighted by atomic mass is 32.2. The Morgan fingerprint density at radius 1 is 1.16 bits per heavy atom. The molecule has 1 aromatic carbocycles. The van der Waals surface area contributed by atoms with Crippen molar-refractivity contribution in [2.75, 3.05) is 0 Å². The summed E-state index contributed by atoms with van der Waals surface area (Å²) in [7, 11) is -3.41. The zero-order valence-electron chi connectivity index (χ0n) is 10.2. The lowest BCUT2D eigenvalue weighted by molar-refractivity contribution is 0.282. The van der Waals surface area contributed by atoms with E-state index < -0.39 is 10.0 Å². The van der Waals surface area contributed by atoms with Gasteiger partial charge in [-0.15, -0.1) is 0 Å². The molecule has 0 radical (unpaired) electrons. The molecule has 0 aliphatic rings. The van der Waals surface area contributed by atoms with E-state index in [-0.39, 0.29) is 18.9 Å². The first-order chi connectivity index (χ1) is 9.09. The number of hydrogen-bond acceptors (Lipinski definition) is 4. The van der Waals surface area contributed by atoms with E-state index in [4.69, 9.17) is 9.52 Å². The number of sulfonamides is 1. The monoisotopic (exact) mass is 281 g/mol. The van der Waals surface area contributed by atoms with E-state index in [1.807, 2.05) is 0 Å². The van der Waals surface area contributed by atoms with Crippen LogP contribution in [0.1, 0.15) is 16.7 Å². The molecule has 0 saturated carbocycles. The Kier molecular flexibility index (Phi) is 4.36. The van der Waals surface area contributed by atoms with Gasteiger partial charge in [0.25, 0.3) is 0 Å². The average molecular weight is 281 g/mol. The topological polar surface area (TPSA) is 79.5 Å². The van der Waals surface area contributed by atoms with E-state index in [0.29, 0.717) is 11.1 Å². The van der Waals surface area contributed by atoms with Crippen LogP contribution in [0, 0.1) is 0 Å². The Hall–Kier alpha value is -1.63. The number of nitrogens with one attached hydrogen (secondary N) is 1. The van der Waals surface area contributed by atoms with Crippen LogP contribution in [0.3, 0.4) is 0 Å². The first-order valence-electron chi connectivity index (χ1n) is 5.76. The zero-order chi connectivity index (χ0) is 13.7. The molecule has 0 amide bonds. The van der Waals surface area contributed by atoms with Crippen molar-refractivity contribution in [2.45, 2.75) is 18.9 Å². The van der Waals surface area contributed by atoms with Gasteiger partial charge in [-0.1, -0.05) is 24.3 Å². The molecule has 0 aliphatic carbocycles. The fourth-order valence-corrected chi connectivity index (χ4v) is 2.78. The van der Waals surface area contributed by atoms with Gasteiger partial charge >= 0.3 is 0 Å². The molecular formula is C13H15NO4S. The number of rotatable bonds is 6. The standard InChI is InChI=1S/C13H15NO4S/c15-8-11-2-1-3-12(6-11)10-19(16,17)14-7-13-4-5-18-9-13/h1-6,9,14-15H,7-8,10H2. The van der Waals surface area contributed by atoms with Crippen molar-refractivity contribution in [3.63, 3.8) is 0 Å². The highest BCUT2D eigenvalue weighted by Crippen LogP contribution is 2.09. The van der Waals surface area contributed by atoms with Gasteiger partial charge in [0, 0.05) is 12.1 Å². The Labute approximate surface area is 111 Å². The van der Waals surface area contributed by atoms with E-state index in [0.717, 1.165) is 5.56 Å². The van der Waals surface area contributed by atoms with E-state index in [1.54, 1.807) is 30.3 Å². The molecule has 0 aliphatic heterocycles. The van der Waals surface area contributed by atoms with Gasteiger partial charge < -0.3 is 9.52 Å². The number of furan rings is 1. The van der Waals surface area contributed by atoms with Crippen LogP contribution < -0.4 is 4.72 Å². The van der Waals surface area contributed by atoms with Gasteiger partial charge in [0.15, 0.2) is 0 Å². The minimum Gasteiger partial charge on any atom is -0.472 e. The second kappa shape index (κ2) is 6.01. The third kappa shape index (κ3) is 4.20. The Bertz CT molecular complexity index is 620.